The highest BCUT2D eigenvalue weighted by Gasteiger charge is 2.37. The SMILES string of the molecule is CCCC(CCN(Cc1cccc(F)c1)Cc1cccc(F)c1)CN[C@@H]1C[C@H]1c1ccccc1. The summed E-state index contributed by atoms with van der Waals surface area (Å²) in [5, 5.41) is 3.81. The van der Waals surface area contributed by atoms with E-state index >= 15 is 0 Å². The first kappa shape index (κ1) is 24.6. The van der Waals surface area contributed by atoms with Crippen molar-refractivity contribution in [3.63, 3.8) is 0 Å². The Morgan fingerprint density at radius 3 is 2.09 bits per heavy atom. The van der Waals surface area contributed by atoms with Crippen molar-refractivity contribution in [2.45, 2.75) is 57.7 Å². The molecule has 0 aromatic heterocycles. The lowest BCUT2D eigenvalue weighted by Crippen LogP contribution is -2.30. The Kier molecular flexibility index (Phi) is 8.84. The normalized spacial score (nSPS) is 18.2. The minimum absolute atomic E-state index is 0.214. The molecule has 1 aliphatic carbocycles. The van der Waals surface area contributed by atoms with Gasteiger partial charge < -0.3 is 5.32 Å². The lowest BCUT2D eigenvalue weighted by Gasteiger charge is -2.26. The van der Waals surface area contributed by atoms with E-state index in [9.17, 15) is 8.78 Å². The van der Waals surface area contributed by atoms with Crippen LogP contribution in [-0.4, -0.2) is 24.0 Å². The zero-order valence-corrected chi connectivity index (χ0v) is 20.1. The molecule has 0 saturated heterocycles. The first-order valence-electron chi connectivity index (χ1n) is 12.6. The van der Waals surface area contributed by atoms with E-state index in [4.69, 9.17) is 0 Å². The quantitative estimate of drug-likeness (QED) is 0.297. The average Bonchev–Trinajstić information content (AvgIpc) is 3.61. The van der Waals surface area contributed by atoms with Crippen molar-refractivity contribution < 1.29 is 8.78 Å². The molecular weight excluding hydrogens is 426 g/mol. The summed E-state index contributed by atoms with van der Waals surface area (Å²) in [6.45, 7) is 5.47. The Morgan fingerprint density at radius 2 is 1.50 bits per heavy atom. The average molecular weight is 463 g/mol. The van der Waals surface area contributed by atoms with Gasteiger partial charge in [-0.25, -0.2) is 8.78 Å². The summed E-state index contributed by atoms with van der Waals surface area (Å²) in [7, 11) is 0. The fraction of sp³-hybridized carbons (Fsp3) is 0.400. The molecule has 1 aliphatic rings. The van der Waals surface area contributed by atoms with Gasteiger partial charge in [0.2, 0.25) is 0 Å². The van der Waals surface area contributed by atoms with Crippen molar-refractivity contribution in [3.05, 3.63) is 107 Å². The first-order valence-corrected chi connectivity index (χ1v) is 12.6. The molecule has 4 heteroatoms. The summed E-state index contributed by atoms with van der Waals surface area (Å²) in [6.07, 6.45) is 4.62. The Morgan fingerprint density at radius 1 is 0.853 bits per heavy atom. The summed E-state index contributed by atoms with van der Waals surface area (Å²) in [5.41, 5.74) is 3.33. The van der Waals surface area contributed by atoms with Gasteiger partial charge in [0.1, 0.15) is 11.6 Å². The smallest absolute Gasteiger partial charge is 0.123 e. The van der Waals surface area contributed by atoms with Crippen molar-refractivity contribution in [1.29, 1.82) is 0 Å². The van der Waals surface area contributed by atoms with Crippen LogP contribution in [-0.2, 0) is 13.1 Å². The molecule has 34 heavy (non-hydrogen) atoms. The van der Waals surface area contributed by atoms with Gasteiger partial charge in [0, 0.05) is 25.0 Å². The van der Waals surface area contributed by atoms with Crippen LogP contribution >= 0.6 is 0 Å². The number of nitrogens with one attached hydrogen (secondary N) is 1. The molecule has 1 fully saturated rings. The van der Waals surface area contributed by atoms with E-state index in [2.05, 4.69) is 47.5 Å². The molecule has 0 heterocycles. The van der Waals surface area contributed by atoms with Gasteiger partial charge in [0.15, 0.2) is 0 Å². The van der Waals surface area contributed by atoms with Crippen LogP contribution < -0.4 is 5.32 Å². The topological polar surface area (TPSA) is 15.3 Å². The number of nitrogens with zero attached hydrogens (tertiary/aromatic N) is 1. The van der Waals surface area contributed by atoms with Gasteiger partial charge in [-0.1, -0.05) is 67.9 Å². The van der Waals surface area contributed by atoms with Crippen LogP contribution in [0.5, 0.6) is 0 Å². The number of benzene rings is 3. The Labute approximate surface area is 203 Å². The second kappa shape index (κ2) is 12.2. The highest BCUT2D eigenvalue weighted by molar-refractivity contribution is 5.27. The van der Waals surface area contributed by atoms with Crippen molar-refractivity contribution in [2.75, 3.05) is 13.1 Å². The summed E-state index contributed by atoms with van der Waals surface area (Å²) >= 11 is 0. The maximum atomic E-state index is 13.8. The van der Waals surface area contributed by atoms with Crippen LogP contribution in [0.4, 0.5) is 8.78 Å². The monoisotopic (exact) mass is 462 g/mol. The molecule has 0 aliphatic heterocycles. The molecule has 2 nitrogen and oxygen atoms in total. The highest BCUT2D eigenvalue weighted by Crippen LogP contribution is 2.40. The van der Waals surface area contributed by atoms with Crippen LogP contribution in [0.1, 0.15) is 55.2 Å². The molecule has 180 valence electrons. The maximum Gasteiger partial charge on any atom is 0.123 e. The lowest BCUT2D eigenvalue weighted by molar-refractivity contribution is 0.229. The molecule has 4 rings (SSSR count). The molecular formula is C30H36F2N2. The lowest BCUT2D eigenvalue weighted by atomic mass is 9.99. The minimum Gasteiger partial charge on any atom is -0.313 e. The number of halogens is 2. The first-order chi connectivity index (χ1) is 16.6. The summed E-state index contributed by atoms with van der Waals surface area (Å²) in [6, 6.07) is 24.9. The van der Waals surface area contributed by atoms with Crippen LogP contribution in [0.2, 0.25) is 0 Å². The Bertz CT molecular complexity index is 976. The number of hydrogen-bond acceptors (Lipinski definition) is 2. The second-order valence-corrected chi connectivity index (χ2v) is 9.68. The van der Waals surface area contributed by atoms with Gasteiger partial charge >= 0.3 is 0 Å². The summed E-state index contributed by atoms with van der Waals surface area (Å²) in [5.74, 6) is 0.799. The van der Waals surface area contributed by atoms with E-state index in [-0.39, 0.29) is 11.6 Å². The minimum atomic E-state index is -0.214. The van der Waals surface area contributed by atoms with E-state index in [0.29, 0.717) is 31.0 Å². The van der Waals surface area contributed by atoms with E-state index in [0.717, 1.165) is 37.1 Å². The van der Waals surface area contributed by atoms with E-state index in [1.165, 1.54) is 30.5 Å². The standard InChI is InChI=1S/C30H36F2N2/c1-2-8-23(20-33-30-19-29(30)26-11-4-3-5-12-26)15-16-34(21-24-9-6-13-27(31)17-24)22-25-10-7-14-28(32)18-25/h3-7,9-14,17-18,23,29-30,33H,2,8,15-16,19-22H2,1H3/t23?,29-,30+/m0/s1. The predicted octanol–water partition coefficient (Wildman–Crippen LogP) is 6.92. The van der Waals surface area contributed by atoms with Crippen molar-refractivity contribution in [2.24, 2.45) is 5.92 Å². The molecule has 1 saturated carbocycles. The fourth-order valence-corrected chi connectivity index (χ4v) is 4.93. The van der Waals surface area contributed by atoms with Crippen LogP contribution in [0.15, 0.2) is 78.9 Å². The van der Waals surface area contributed by atoms with Gasteiger partial charge in [-0.15, -0.1) is 0 Å². The molecule has 0 spiro atoms. The van der Waals surface area contributed by atoms with E-state index < -0.39 is 0 Å². The zero-order valence-electron chi connectivity index (χ0n) is 20.1. The van der Waals surface area contributed by atoms with Crippen LogP contribution in [0.3, 0.4) is 0 Å². The van der Waals surface area contributed by atoms with Crippen molar-refractivity contribution in [1.82, 2.24) is 10.2 Å². The van der Waals surface area contributed by atoms with E-state index in [1.807, 2.05) is 12.1 Å². The maximum absolute atomic E-state index is 13.8. The third-order valence-corrected chi connectivity index (χ3v) is 6.83. The van der Waals surface area contributed by atoms with Crippen molar-refractivity contribution in [3.8, 4) is 0 Å². The summed E-state index contributed by atoms with van der Waals surface area (Å²) in [4.78, 5) is 2.32. The molecule has 0 bridgehead atoms. The fourth-order valence-electron chi connectivity index (χ4n) is 4.93. The summed E-state index contributed by atoms with van der Waals surface area (Å²) < 4.78 is 27.5. The second-order valence-electron chi connectivity index (χ2n) is 9.68. The van der Waals surface area contributed by atoms with Gasteiger partial charge in [-0.05, 0) is 79.2 Å². The number of rotatable bonds is 13. The van der Waals surface area contributed by atoms with Crippen molar-refractivity contribution >= 4 is 0 Å². The zero-order chi connectivity index (χ0) is 23.8. The highest BCUT2D eigenvalue weighted by atomic mass is 19.1. The molecule has 1 unspecified atom stereocenters. The van der Waals surface area contributed by atoms with E-state index in [1.54, 1.807) is 24.3 Å². The largest absolute Gasteiger partial charge is 0.313 e. The Hall–Kier alpha value is -2.56. The molecule has 3 atom stereocenters. The van der Waals surface area contributed by atoms with Crippen LogP contribution in [0.25, 0.3) is 0 Å². The molecule has 3 aromatic carbocycles. The predicted molar refractivity (Wildman–Crippen MR) is 136 cm³/mol. The van der Waals surface area contributed by atoms with Gasteiger partial charge in [0.25, 0.3) is 0 Å². The Balaban J connectivity index is 1.34. The molecule has 0 amide bonds. The van der Waals surface area contributed by atoms with Gasteiger partial charge in [-0.2, -0.15) is 0 Å². The third kappa shape index (κ3) is 7.48. The third-order valence-electron chi connectivity index (χ3n) is 6.83. The van der Waals surface area contributed by atoms with Gasteiger partial charge in [0.05, 0.1) is 0 Å². The van der Waals surface area contributed by atoms with Gasteiger partial charge in [-0.3, -0.25) is 4.90 Å². The molecule has 1 N–H and O–H groups in total. The van der Waals surface area contributed by atoms with Crippen LogP contribution in [0, 0.1) is 17.6 Å². The molecule has 3 aromatic rings. The molecule has 0 radical (unpaired) electrons. The number of hydrogen-bond donors (Lipinski definition) is 1.